The first-order chi connectivity index (χ1) is 6.86. The molecule has 2 saturated heterocycles. The summed E-state index contributed by atoms with van der Waals surface area (Å²) in [5.74, 6) is 0. The van der Waals surface area contributed by atoms with Crippen LogP contribution in [0.1, 0.15) is 12.8 Å². The predicted octanol–water partition coefficient (Wildman–Crippen LogP) is -0.0622. The predicted molar refractivity (Wildman–Crippen MR) is 53.0 cm³/mol. The van der Waals surface area contributed by atoms with E-state index in [2.05, 4.69) is 4.90 Å². The van der Waals surface area contributed by atoms with Gasteiger partial charge < -0.3 is 9.64 Å². The summed E-state index contributed by atoms with van der Waals surface area (Å²) >= 11 is 0. The van der Waals surface area contributed by atoms with Crippen LogP contribution >= 0.6 is 0 Å². The first-order valence-electron chi connectivity index (χ1n) is 5.31. The van der Waals surface area contributed by atoms with Gasteiger partial charge in [0.05, 0.1) is 6.61 Å². The largest absolute Gasteiger partial charge is 0.383 e. The summed E-state index contributed by atoms with van der Waals surface area (Å²) < 4.78 is 5.08. The number of methoxy groups -OCH3 is 1. The summed E-state index contributed by atoms with van der Waals surface area (Å²) in [6, 6.07) is 1.07. The highest BCUT2D eigenvalue weighted by atomic mass is 16.5. The second-order valence-electron chi connectivity index (χ2n) is 4.08. The summed E-state index contributed by atoms with van der Waals surface area (Å²) in [7, 11) is 1.74. The number of hydrogen-bond acceptors (Lipinski definition) is 3. The number of carbonyl (C=O) groups excluding carboxylic acids is 1. The van der Waals surface area contributed by atoms with Crippen LogP contribution in [0.25, 0.3) is 0 Å². The van der Waals surface area contributed by atoms with Crippen LogP contribution in [-0.4, -0.2) is 61.6 Å². The van der Waals surface area contributed by atoms with Crippen molar-refractivity contribution >= 4 is 6.41 Å². The van der Waals surface area contributed by atoms with Crippen molar-refractivity contribution in [1.29, 1.82) is 0 Å². The monoisotopic (exact) mass is 198 g/mol. The molecular formula is C10H18N2O2. The Morgan fingerprint density at radius 2 is 2.14 bits per heavy atom. The Morgan fingerprint density at radius 3 is 2.86 bits per heavy atom. The Bertz CT molecular complexity index is 210. The Hall–Kier alpha value is -0.610. The molecule has 2 aliphatic heterocycles. The van der Waals surface area contributed by atoms with Gasteiger partial charge in [-0.1, -0.05) is 0 Å². The van der Waals surface area contributed by atoms with E-state index in [1.165, 1.54) is 0 Å². The Labute approximate surface area is 84.8 Å². The fraction of sp³-hybridized carbons (Fsp3) is 0.900. The number of rotatable bonds is 4. The van der Waals surface area contributed by atoms with Gasteiger partial charge in [0.2, 0.25) is 6.41 Å². The molecule has 4 nitrogen and oxygen atoms in total. The average Bonchev–Trinajstić information content (AvgIpc) is 2.75. The summed E-state index contributed by atoms with van der Waals surface area (Å²) in [5.41, 5.74) is 0. The molecule has 0 spiro atoms. The lowest BCUT2D eigenvalue weighted by Crippen LogP contribution is -2.37. The molecule has 0 aromatic rings. The van der Waals surface area contributed by atoms with Crippen LogP contribution < -0.4 is 0 Å². The lowest BCUT2D eigenvalue weighted by atomic mass is 10.1. The zero-order valence-corrected chi connectivity index (χ0v) is 8.69. The van der Waals surface area contributed by atoms with E-state index in [9.17, 15) is 4.79 Å². The molecule has 80 valence electrons. The van der Waals surface area contributed by atoms with Gasteiger partial charge in [0.25, 0.3) is 0 Å². The molecular weight excluding hydrogens is 180 g/mol. The smallest absolute Gasteiger partial charge is 0.210 e. The maximum absolute atomic E-state index is 10.8. The fourth-order valence-electron chi connectivity index (χ4n) is 2.73. The third-order valence-electron chi connectivity index (χ3n) is 3.45. The molecule has 2 rings (SSSR count). The second-order valence-corrected chi connectivity index (χ2v) is 4.08. The van der Waals surface area contributed by atoms with Gasteiger partial charge in [-0.3, -0.25) is 9.69 Å². The van der Waals surface area contributed by atoms with Crippen molar-refractivity contribution in [3.63, 3.8) is 0 Å². The maximum Gasteiger partial charge on any atom is 0.210 e. The van der Waals surface area contributed by atoms with Gasteiger partial charge in [-0.15, -0.1) is 0 Å². The van der Waals surface area contributed by atoms with Crippen LogP contribution in [0.2, 0.25) is 0 Å². The Kier molecular flexibility index (Phi) is 3.03. The number of fused-ring (bicyclic) bond motifs is 1. The Balaban J connectivity index is 1.90. The van der Waals surface area contributed by atoms with Crippen LogP contribution in [0, 0.1) is 0 Å². The molecule has 0 aromatic carbocycles. The summed E-state index contributed by atoms with van der Waals surface area (Å²) in [5, 5.41) is 0. The molecule has 0 saturated carbocycles. The van der Waals surface area contributed by atoms with Crippen LogP contribution in [0.15, 0.2) is 0 Å². The molecule has 2 heterocycles. The number of ether oxygens (including phenoxy) is 1. The highest BCUT2D eigenvalue weighted by molar-refractivity contribution is 5.49. The minimum atomic E-state index is 0.476. The molecule has 0 aromatic heterocycles. The fourth-order valence-corrected chi connectivity index (χ4v) is 2.73. The SMILES string of the molecule is COCCN1CCC2C1CCN2C=O. The minimum Gasteiger partial charge on any atom is -0.383 e. The third-order valence-corrected chi connectivity index (χ3v) is 3.45. The van der Waals surface area contributed by atoms with E-state index in [1.54, 1.807) is 7.11 Å². The van der Waals surface area contributed by atoms with E-state index in [-0.39, 0.29) is 0 Å². The number of carbonyl (C=O) groups is 1. The van der Waals surface area contributed by atoms with Gasteiger partial charge in [0.1, 0.15) is 0 Å². The highest BCUT2D eigenvalue weighted by Crippen LogP contribution is 2.29. The topological polar surface area (TPSA) is 32.8 Å². The molecule has 0 N–H and O–H groups in total. The van der Waals surface area contributed by atoms with Gasteiger partial charge in [-0.05, 0) is 12.8 Å². The van der Waals surface area contributed by atoms with E-state index in [0.29, 0.717) is 12.1 Å². The lowest BCUT2D eigenvalue weighted by molar-refractivity contribution is -0.118. The first kappa shape index (κ1) is 9.93. The summed E-state index contributed by atoms with van der Waals surface area (Å²) in [4.78, 5) is 15.2. The van der Waals surface area contributed by atoms with Crippen molar-refractivity contribution in [1.82, 2.24) is 9.80 Å². The molecule has 14 heavy (non-hydrogen) atoms. The Morgan fingerprint density at radius 1 is 1.36 bits per heavy atom. The van der Waals surface area contributed by atoms with Crippen molar-refractivity contribution < 1.29 is 9.53 Å². The van der Waals surface area contributed by atoms with Crippen molar-refractivity contribution in [3.8, 4) is 0 Å². The van der Waals surface area contributed by atoms with Gasteiger partial charge in [-0.25, -0.2) is 0 Å². The third kappa shape index (κ3) is 1.64. The van der Waals surface area contributed by atoms with Gasteiger partial charge in [0, 0.05) is 38.8 Å². The van der Waals surface area contributed by atoms with E-state index in [1.807, 2.05) is 4.90 Å². The average molecular weight is 198 g/mol. The van der Waals surface area contributed by atoms with Gasteiger partial charge >= 0.3 is 0 Å². The van der Waals surface area contributed by atoms with E-state index >= 15 is 0 Å². The number of amides is 1. The van der Waals surface area contributed by atoms with Gasteiger partial charge in [-0.2, -0.15) is 0 Å². The molecule has 2 atom stereocenters. The maximum atomic E-state index is 10.8. The van der Waals surface area contributed by atoms with E-state index < -0.39 is 0 Å². The first-order valence-corrected chi connectivity index (χ1v) is 5.31. The number of likely N-dealkylation sites (tertiary alicyclic amines) is 2. The van der Waals surface area contributed by atoms with Crippen molar-refractivity contribution in [2.75, 3.05) is 33.4 Å². The molecule has 1 amide bonds. The quantitative estimate of drug-likeness (QED) is 0.593. The molecule has 0 radical (unpaired) electrons. The molecule has 0 bridgehead atoms. The highest BCUT2D eigenvalue weighted by Gasteiger charge is 2.41. The second kappa shape index (κ2) is 4.28. The molecule has 0 aliphatic carbocycles. The number of nitrogens with zero attached hydrogens (tertiary/aromatic N) is 2. The zero-order valence-electron chi connectivity index (χ0n) is 8.69. The molecule has 2 unspecified atom stereocenters. The van der Waals surface area contributed by atoms with Crippen molar-refractivity contribution in [2.24, 2.45) is 0 Å². The van der Waals surface area contributed by atoms with E-state index in [4.69, 9.17) is 4.74 Å². The van der Waals surface area contributed by atoms with Gasteiger partial charge in [0.15, 0.2) is 0 Å². The van der Waals surface area contributed by atoms with Crippen molar-refractivity contribution in [2.45, 2.75) is 24.9 Å². The van der Waals surface area contributed by atoms with Crippen molar-refractivity contribution in [3.05, 3.63) is 0 Å². The minimum absolute atomic E-state index is 0.476. The number of hydrogen-bond donors (Lipinski definition) is 0. The molecule has 2 fully saturated rings. The zero-order chi connectivity index (χ0) is 9.97. The van der Waals surface area contributed by atoms with E-state index in [0.717, 1.165) is 45.5 Å². The van der Waals surface area contributed by atoms with Crippen LogP contribution in [-0.2, 0) is 9.53 Å². The lowest BCUT2D eigenvalue weighted by Gasteiger charge is -2.23. The van der Waals surface area contributed by atoms with Crippen LogP contribution in [0.3, 0.4) is 0 Å². The molecule has 2 aliphatic rings. The van der Waals surface area contributed by atoms with Crippen LogP contribution in [0.5, 0.6) is 0 Å². The summed E-state index contributed by atoms with van der Waals surface area (Å²) in [6.07, 6.45) is 3.27. The molecule has 4 heteroatoms. The van der Waals surface area contributed by atoms with Crippen LogP contribution in [0.4, 0.5) is 0 Å². The normalized spacial score (nSPS) is 32.2. The summed E-state index contributed by atoms with van der Waals surface area (Å²) in [6.45, 7) is 3.85. The standard InChI is InChI=1S/C10H18N2O2/c1-14-7-6-11-4-2-10-9(11)3-5-12(10)8-13/h8-10H,2-7H2,1H3.